The van der Waals surface area contributed by atoms with Gasteiger partial charge in [-0.15, -0.1) is 0 Å². The maximum absolute atomic E-state index is 11.0. The molecule has 0 aliphatic heterocycles. The third kappa shape index (κ3) is 1.67. The summed E-state index contributed by atoms with van der Waals surface area (Å²) in [6, 6.07) is 3.81. The van der Waals surface area contributed by atoms with Crippen molar-refractivity contribution in [3.05, 3.63) is 39.1 Å². The van der Waals surface area contributed by atoms with Gasteiger partial charge >= 0.3 is 5.69 Å². The molecule has 0 saturated carbocycles. The molecule has 0 bridgehead atoms. The van der Waals surface area contributed by atoms with E-state index in [2.05, 4.69) is 9.97 Å². The van der Waals surface area contributed by atoms with Gasteiger partial charge in [0.15, 0.2) is 0 Å². The van der Waals surface area contributed by atoms with Gasteiger partial charge in [0.2, 0.25) is 0 Å². The lowest BCUT2D eigenvalue weighted by Crippen LogP contribution is -2.11. The van der Waals surface area contributed by atoms with Crippen LogP contribution in [0.1, 0.15) is 5.69 Å². The number of hydrogen-bond donors (Lipinski definition) is 1. The molecule has 4 heteroatoms. The summed E-state index contributed by atoms with van der Waals surface area (Å²) in [5.41, 5.74) is 2.28. The van der Waals surface area contributed by atoms with Gasteiger partial charge in [-0.05, 0) is 24.4 Å². The van der Waals surface area contributed by atoms with Gasteiger partial charge in [0.25, 0.3) is 0 Å². The summed E-state index contributed by atoms with van der Waals surface area (Å²) in [6.07, 6.45) is 0. The van der Waals surface area contributed by atoms with Gasteiger partial charge in [-0.3, -0.25) is 0 Å². The first-order valence-corrected chi connectivity index (χ1v) is 4.80. The van der Waals surface area contributed by atoms with Crippen LogP contribution in [0.4, 0.5) is 0 Å². The third-order valence-corrected chi connectivity index (χ3v) is 2.38. The zero-order valence-corrected chi connectivity index (χ0v) is 7.89. The second-order valence-corrected chi connectivity index (χ2v) is 3.55. The van der Waals surface area contributed by atoms with Crippen LogP contribution in [0, 0.1) is 6.92 Å². The molecule has 2 aromatic rings. The number of aromatic nitrogens is 2. The highest BCUT2D eigenvalue weighted by atomic mass is 32.1. The van der Waals surface area contributed by atoms with E-state index in [0.717, 1.165) is 17.0 Å². The molecule has 0 fully saturated rings. The monoisotopic (exact) mass is 192 g/mol. The van der Waals surface area contributed by atoms with Crippen molar-refractivity contribution in [1.82, 2.24) is 9.97 Å². The Kier molecular flexibility index (Phi) is 1.98. The van der Waals surface area contributed by atoms with Gasteiger partial charge in [-0.1, -0.05) is 0 Å². The standard InChI is InChI=1S/C9H8N2OS/c1-6-4-8(11-9(12)10-6)7-2-3-13-5-7/h2-5H,1H3,(H,10,11,12). The summed E-state index contributed by atoms with van der Waals surface area (Å²) in [5.74, 6) is 0. The normalized spacial score (nSPS) is 10.2. The van der Waals surface area contributed by atoms with Gasteiger partial charge in [-0.25, -0.2) is 4.79 Å². The molecule has 2 rings (SSSR count). The second-order valence-electron chi connectivity index (χ2n) is 2.77. The lowest BCUT2D eigenvalue weighted by Gasteiger charge is -1.96. The first-order chi connectivity index (χ1) is 6.25. The Labute approximate surface area is 79.1 Å². The lowest BCUT2D eigenvalue weighted by atomic mass is 10.2. The number of aromatic amines is 1. The summed E-state index contributed by atoms with van der Waals surface area (Å²) in [5, 5.41) is 3.94. The molecule has 0 radical (unpaired) electrons. The van der Waals surface area contributed by atoms with E-state index in [9.17, 15) is 4.79 Å². The molecule has 0 saturated heterocycles. The van der Waals surface area contributed by atoms with Gasteiger partial charge in [0.05, 0.1) is 5.69 Å². The van der Waals surface area contributed by atoms with Crippen molar-refractivity contribution in [2.24, 2.45) is 0 Å². The van der Waals surface area contributed by atoms with E-state index in [1.807, 2.05) is 29.8 Å². The molecular formula is C9H8N2OS. The first kappa shape index (κ1) is 8.19. The SMILES string of the molecule is Cc1cc(-c2ccsc2)nc(=O)[nH]1. The fraction of sp³-hybridized carbons (Fsp3) is 0.111. The van der Waals surface area contributed by atoms with E-state index < -0.39 is 0 Å². The molecular weight excluding hydrogens is 184 g/mol. The van der Waals surface area contributed by atoms with Crippen molar-refractivity contribution >= 4 is 11.3 Å². The van der Waals surface area contributed by atoms with Crippen LogP contribution in [0.15, 0.2) is 27.7 Å². The van der Waals surface area contributed by atoms with Gasteiger partial charge < -0.3 is 4.98 Å². The number of hydrogen-bond acceptors (Lipinski definition) is 3. The van der Waals surface area contributed by atoms with Crippen LogP contribution in [-0.4, -0.2) is 9.97 Å². The van der Waals surface area contributed by atoms with Crippen molar-refractivity contribution < 1.29 is 0 Å². The molecule has 0 spiro atoms. The highest BCUT2D eigenvalue weighted by molar-refractivity contribution is 7.08. The molecule has 3 nitrogen and oxygen atoms in total. The minimum atomic E-state index is -0.291. The number of thiophene rings is 1. The maximum atomic E-state index is 11.0. The average Bonchev–Trinajstić information content (AvgIpc) is 2.53. The van der Waals surface area contributed by atoms with Crippen LogP contribution >= 0.6 is 11.3 Å². The predicted molar refractivity (Wildman–Crippen MR) is 52.9 cm³/mol. The predicted octanol–water partition coefficient (Wildman–Crippen LogP) is 1.81. The molecule has 0 unspecified atom stereocenters. The van der Waals surface area contributed by atoms with E-state index in [4.69, 9.17) is 0 Å². The van der Waals surface area contributed by atoms with Crippen LogP contribution < -0.4 is 5.69 Å². The summed E-state index contributed by atoms with van der Waals surface area (Å²) >= 11 is 1.59. The summed E-state index contributed by atoms with van der Waals surface area (Å²) in [7, 11) is 0. The lowest BCUT2D eigenvalue weighted by molar-refractivity contribution is 1.03. The van der Waals surface area contributed by atoms with Gasteiger partial charge in [0.1, 0.15) is 0 Å². The zero-order chi connectivity index (χ0) is 9.26. The average molecular weight is 192 g/mol. The van der Waals surface area contributed by atoms with Crippen molar-refractivity contribution in [2.45, 2.75) is 6.92 Å². The van der Waals surface area contributed by atoms with Gasteiger partial charge in [-0.2, -0.15) is 16.3 Å². The number of rotatable bonds is 1. The number of H-pyrrole nitrogens is 1. The molecule has 2 aromatic heterocycles. The Balaban J connectivity index is 2.59. The molecule has 66 valence electrons. The van der Waals surface area contributed by atoms with E-state index in [1.165, 1.54) is 0 Å². The number of nitrogens with one attached hydrogen (secondary N) is 1. The highest BCUT2D eigenvalue weighted by Gasteiger charge is 2.00. The Morgan fingerprint density at radius 2 is 2.38 bits per heavy atom. The quantitative estimate of drug-likeness (QED) is 0.749. The molecule has 0 amide bonds. The maximum Gasteiger partial charge on any atom is 0.345 e. The van der Waals surface area contributed by atoms with Crippen LogP contribution in [0.5, 0.6) is 0 Å². The molecule has 0 aromatic carbocycles. The third-order valence-electron chi connectivity index (χ3n) is 1.70. The van der Waals surface area contributed by atoms with E-state index in [-0.39, 0.29) is 5.69 Å². The second kappa shape index (κ2) is 3.14. The Morgan fingerprint density at radius 3 is 3.00 bits per heavy atom. The van der Waals surface area contributed by atoms with Crippen molar-refractivity contribution in [3.63, 3.8) is 0 Å². The summed E-state index contributed by atoms with van der Waals surface area (Å²) in [6.45, 7) is 1.85. The Hall–Kier alpha value is -1.42. The van der Waals surface area contributed by atoms with Crippen molar-refractivity contribution in [2.75, 3.05) is 0 Å². The van der Waals surface area contributed by atoms with E-state index >= 15 is 0 Å². The van der Waals surface area contributed by atoms with E-state index in [1.54, 1.807) is 11.3 Å². The fourth-order valence-corrected chi connectivity index (χ4v) is 1.79. The van der Waals surface area contributed by atoms with Crippen LogP contribution in [0.2, 0.25) is 0 Å². The highest BCUT2D eigenvalue weighted by Crippen LogP contribution is 2.18. The first-order valence-electron chi connectivity index (χ1n) is 3.86. The zero-order valence-electron chi connectivity index (χ0n) is 7.07. The minimum absolute atomic E-state index is 0.291. The fourth-order valence-electron chi connectivity index (χ4n) is 1.14. The van der Waals surface area contributed by atoms with Crippen LogP contribution in [0.25, 0.3) is 11.3 Å². The molecule has 13 heavy (non-hydrogen) atoms. The van der Waals surface area contributed by atoms with Crippen molar-refractivity contribution in [1.29, 1.82) is 0 Å². The summed E-state index contributed by atoms with van der Waals surface area (Å²) < 4.78 is 0. The van der Waals surface area contributed by atoms with Crippen molar-refractivity contribution in [3.8, 4) is 11.3 Å². The topological polar surface area (TPSA) is 45.8 Å². The largest absolute Gasteiger partial charge is 0.345 e. The Bertz CT molecular complexity index is 459. The smallest absolute Gasteiger partial charge is 0.310 e. The molecule has 0 atom stereocenters. The number of aryl methyl sites for hydroxylation is 1. The van der Waals surface area contributed by atoms with E-state index in [0.29, 0.717) is 0 Å². The Morgan fingerprint density at radius 1 is 1.54 bits per heavy atom. The van der Waals surface area contributed by atoms with Gasteiger partial charge in [0, 0.05) is 16.6 Å². The number of nitrogens with zero attached hydrogens (tertiary/aromatic N) is 1. The molecule has 0 aliphatic rings. The molecule has 2 heterocycles. The minimum Gasteiger partial charge on any atom is -0.310 e. The molecule has 1 N–H and O–H groups in total. The van der Waals surface area contributed by atoms with Crippen LogP contribution in [0.3, 0.4) is 0 Å². The molecule has 0 aliphatic carbocycles. The van der Waals surface area contributed by atoms with Crippen LogP contribution in [-0.2, 0) is 0 Å². The summed E-state index contributed by atoms with van der Waals surface area (Å²) in [4.78, 5) is 17.5.